The van der Waals surface area contributed by atoms with Crippen molar-refractivity contribution in [3.8, 4) is 11.8 Å². The fourth-order valence-electron chi connectivity index (χ4n) is 1.94. The Bertz CT molecular complexity index is 845. The van der Waals surface area contributed by atoms with E-state index in [0.717, 1.165) is 24.3 Å². The van der Waals surface area contributed by atoms with Gasteiger partial charge in [-0.15, -0.1) is 13.2 Å². The largest absolute Gasteiger partial charge is 0.573 e. The molecule has 0 bridgehead atoms. The summed E-state index contributed by atoms with van der Waals surface area (Å²) in [6.45, 7) is 3.13. The molecule has 1 heterocycles. The fraction of sp³-hybridized carbons (Fsp3) is 0.286. The SMILES string of the molecule is COc1nc(C)c(NS(=O)(=O)c2ccc(OC(F)(F)F)cc2)c(C)n1. The molecule has 0 fully saturated rings. The number of nitrogens with zero attached hydrogens (tertiary/aromatic N) is 2. The van der Waals surface area contributed by atoms with Gasteiger partial charge in [-0.3, -0.25) is 4.72 Å². The van der Waals surface area contributed by atoms with Gasteiger partial charge in [0.2, 0.25) is 0 Å². The Hall–Kier alpha value is -2.56. The van der Waals surface area contributed by atoms with Crippen molar-refractivity contribution in [1.29, 1.82) is 0 Å². The van der Waals surface area contributed by atoms with Crippen LogP contribution in [0, 0.1) is 13.8 Å². The van der Waals surface area contributed by atoms with Gasteiger partial charge in [0.05, 0.1) is 29.1 Å². The average molecular weight is 377 g/mol. The molecule has 1 N–H and O–H groups in total. The molecule has 2 rings (SSSR count). The number of aryl methyl sites for hydroxylation is 2. The van der Waals surface area contributed by atoms with E-state index >= 15 is 0 Å². The van der Waals surface area contributed by atoms with E-state index in [-0.39, 0.29) is 16.6 Å². The van der Waals surface area contributed by atoms with E-state index in [1.54, 1.807) is 13.8 Å². The highest BCUT2D eigenvalue weighted by Gasteiger charge is 2.31. The molecule has 0 aliphatic carbocycles. The van der Waals surface area contributed by atoms with Crippen LogP contribution in [-0.4, -0.2) is 31.9 Å². The third-order valence-corrected chi connectivity index (χ3v) is 4.40. The topological polar surface area (TPSA) is 90.4 Å². The molecule has 1 aromatic carbocycles. The van der Waals surface area contributed by atoms with Crippen molar-refractivity contribution in [2.45, 2.75) is 25.1 Å². The van der Waals surface area contributed by atoms with Gasteiger partial charge in [-0.2, -0.15) is 9.97 Å². The van der Waals surface area contributed by atoms with E-state index in [1.165, 1.54) is 7.11 Å². The average Bonchev–Trinajstić information content (AvgIpc) is 2.49. The van der Waals surface area contributed by atoms with Crippen LogP contribution < -0.4 is 14.2 Å². The molecule has 25 heavy (non-hydrogen) atoms. The first-order chi connectivity index (χ1) is 11.5. The van der Waals surface area contributed by atoms with Crippen molar-refractivity contribution in [1.82, 2.24) is 9.97 Å². The molecule has 0 amide bonds. The zero-order valence-electron chi connectivity index (χ0n) is 13.4. The number of methoxy groups -OCH3 is 1. The van der Waals surface area contributed by atoms with Crippen LogP contribution in [0.5, 0.6) is 11.8 Å². The Kier molecular flexibility index (Phi) is 5.07. The summed E-state index contributed by atoms with van der Waals surface area (Å²) in [5.74, 6) is -0.522. The smallest absolute Gasteiger partial charge is 0.467 e. The lowest BCUT2D eigenvalue weighted by Crippen LogP contribution is -2.18. The second kappa shape index (κ2) is 6.75. The Labute approximate surface area is 141 Å². The number of nitrogens with one attached hydrogen (secondary N) is 1. The molecule has 0 aliphatic rings. The van der Waals surface area contributed by atoms with Crippen molar-refractivity contribution in [2.75, 3.05) is 11.8 Å². The molecule has 0 unspecified atom stereocenters. The van der Waals surface area contributed by atoms with E-state index in [2.05, 4.69) is 19.4 Å². The monoisotopic (exact) mass is 377 g/mol. The van der Waals surface area contributed by atoms with E-state index in [9.17, 15) is 21.6 Å². The predicted octanol–water partition coefficient (Wildman–Crippen LogP) is 2.80. The first-order valence-corrected chi connectivity index (χ1v) is 8.28. The Morgan fingerprint density at radius 2 is 1.56 bits per heavy atom. The molecule has 0 atom stereocenters. The van der Waals surface area contributed by atoms with Crippen LogP contribution in [0.15, 0.2) is 29.2 Å². The van der Waals surface area contributed by atoms with Gasteiger partial charge in [0.25, 0.3) is 10.0 Å². The summed E-state index contributed by atoms with van der Waals surface area (Å²) >= 11 is 0. The van der Waals surface area contributed by atoms with Crippen LogP contribution >= 0.6 is 0 Å². The summed E-state index contributed by atoms with van der Waals surface area (Å²) < 4.78 is 72.1. The Balaban J connectivity index is 2.28. The van der Waals surface area contributed by atoms with Crippen LogP contribution in [0.2, 0.25) is 0 Å². The Morgan fingerprint density at radius 3 is 2.00 bits per heavy atom. The minimum absolute atomic E-state index is 0.0894. The number of halogens is 3. The number of anilines is 1. The maximum absolute atomic E-state index is 12.4. The number of hydrogen-bond donors (Lipinski definition) is 1. The van der Waals surface area contributed by atoms with Crippen LogP contribution in [0.1, 0.15) is 11.4 Å². The van der Waals surface area contributed by atoms with Gasteiger partial charge in [-0.05, 0) is 38.1 Å². The molecule has 0 spiro atoms. The summed E-state index contributed by atoms with van der Waals surface area (Å²) in [5, 5.41) is 0. The summed E-state index contributed by atoms with van der Waals surface area (Å²) in [6.07, 6.45) is -4.85. The van der Waals surface area contributed by atoms with Gasteiger partial charge in [0.15, 0.2) is 0 Å². The molecule has 0 saturated carbocycles. The van der Waals surface area contributed by atoms with Gasteiger partial charge < -0.3 is 9.47 Å². The number of benzene rings is 1. The molecular weight excluding hydrogens is 363 g/mol. The number of hydrogen-bond acceptors (Lipinski definition) is 6. The lowest BCUT2D eigenvalue weighted by molar-refractivity contribution is -0.274. The van der Waals surface area contributed by atoms with Gasteiger partial charge in [-0.25, -0.2) is 8.42 Å². The first kappa shape index (κ1) is 18.8. The molecule has 7 nitrogen and oxygen atoms in total. The molecule has 0 radical (unpaired) electrons. The number of alkyl halides is 3. The predicted molar refractivity (Wildman–Crippen MR) is 82.0 cm³/mol. The number of sulfonamides is 1. The zero-order chi connectivity index (χ0) is 18.8. The minimum atomic E-state index is -4.85. The van der Waals surface area contributed by atoms with E-state index in [4.69, 9.17) is 4.74 Å². The fourth-order valence-corrected chi connectivity index (χ4v) is 3.11. The van der Waals surface area contributed by atoms with Crippen LogP contribution in [0.4, 0.5) is 18.9 Å². The molecule has 136 valence electrons. The maximum Gasteiger partial charge on any atom is 0.573 e. The van der Waals surface area contributed by atoms with Crippen molar-refractivity contribution in [2.24, 2.45) is 0 Å². The molecule has 2 aromatic rings. The summed E-state index contributed by atoms with van der Waals surface area (Å²) in [5.41, 5.74) is 0.839. The lowest BCUT2D eigenvalue weighted by Gasteiger charge is -2.13. The second-order valence-electron chi connectivity index (χ2n) is 4.88. The molecule has 1 aromatic heterocycles. The number of aromatic nitrogens is 2. The van der Waals surface area contributed by atoms with Crippen LogP contribution in [0.25, 0.3) is 0 Å². The first-order valence-electron chi connectivity index (χ1n) is 6.79. The molecule has 0 aliphatic heterocycles. The van der Waals surface area contributed by atoms with Crippen molar-refractivity contribution < 1.29 is 31.1 Å². The van der Waals surface area contributed by atoms with E-state index in [0.29, 0.717) is 11.4 Å². The minimum Gasteiger partial charge on any atom is -0.467 e. The third-order valence-electron chi connectivity index (χ3n) is 3.04. The van der Waals surface area contributed by atoms with Gasteiger partial charge in [0, 0.05) is 0 Å². The van der Waals surface area contributed by atoms with Gasteiger partial charge >= 0.3 is 12.4 Å². The molecule has 11 heteroatoms. The highest BCUT2D eigenvalue weighted by Crippen LogP contribution is 2.26. The quantitative estimate of drug-likeness (QED) is 0.862. The highest BCUT2D eigenvalue weighted by molar-refractivity contribution is 7.92. The third kappa shape index (κ3) is 4.72. The van der Waals surface area contributed by atoms with Crippen LogP contribution in [-0.2, 0) is 10.0 Å². The van der Waals surface area contributed by atoms with Gasteiger partial charge in [0.1, 0.15) is 5.75 Å². The maximum atomic E-state index is 12.4. The standard InChI is InChI=1S/C14H14F3N3O4S/c1-8-12(9(2)19-13(18-8)23-3)20-25(21,22)11-6-4-10(5-7-11)24-14(15,16)17/h4-7,20H,1-3H3. The highest BCUT2D eigenvalue weighted by atomic mass is 32.2. The van der Waals surface area contributed by atoms with E-state index < -0.39 is 22.1 Å². The Morgan fingerprint density at radius 1 is 1.04 bits per heavy atom. The summed E-state index contributed by atoms with van der Waals surface area (Å²) in [4.78, 5) is 7.72. The van der Waals surface area contributed by atoms with Crippen LogP contribution in [0.3, 0.4) is 0 Å². The molecule has 0 saturated heterocycles. The molecular formula is C14H14F3N3O4S. The summed E-state index contributed by atoms with van der Waals surface area (Å²) in [6, 6.07) is 3.90. The lowest BCUT2D eigenvalue weighted by atomic mass is 10.3. The summed E-state index contributed by atoms with van der Waals surface area (Å²) in [7, 11) is -2.67. The number of ether oxygens (including phenoxy) is 2. The second-order valence-corrected chi connectivity index (χ2v) is 6.56. The van der Waals surface area contributed by atoms with Crippen molar-refractivity contribution in [3.63, 3.8) is 0 Å². The normalized spacial score (nSPS) is 11.9. The van der Waals surface area contributed by atoms with Crippen molar-refractivity contribution >= 4 is 15.7 Å². The van der Waals surface area contributed by atoms with Gasteiger partial charge in [-0.1, -0.05) is 0 Å². The zero-order valence-corrected chi connectivity index (χ0v) is 14.2. The number of rotatable bonds is 5. The van der Waals surface area contributed by atoms with Crippen molar-refractivity contribution in [3.05, 3.63) is 35.7 Å². The van der Waals surface area contributed by atoms with E-state index in [1.807, 2.05) is 0 Å².